The summed E-state index contributed by atoms with van der Waals surface area (Å²) in [6.07, 6.45) is 4.71. The third kappa shape index (κ3) is 1.30. The van der Waals surface area contributed by atoms with Crippen LogP contribution in [0.1, 0.15) is 32.6 Å². The molecule has 0 spiro atoms. The lowest BCUT2D eigenvalue weighted by molar-refractivity contribution is 0.0481. The third-order valence-corrected chi connectivity index (χ3v) is 3.16. The summed E-state index contributed by atoms with van der Waals surface area (Å²) < 4.78 is 0. The van der Waals surface area contributed by atoms with Gasteiger partial charge in [-0.25, -0.2) is 0 Å². The molecule has 1 saturated heterocycles. The van der Waals surface area contributed by atoms with Crippen molar-refractivity contribution in [3.05, 3.63) is 0 Å². The van der Waals surface area contributed by atoms with Gasteiger partial charge >= 0.3 is 0 Å². The molecule has 2 nitrogen and oxygen atoms in total. The Labute approximate surface area is 68.0 Å². The number of hydrogen-bond acceptors (Lipinski definition) is 2. The van der Waals surface area contributed by atoms with Crippen molar-refractivity contribution in [1.82, 2.24) is 5.32 Å². The fourth-order valence-corrected chi connectivity index (χ4v) is 2.63. The zero-order valence-corrected chi connectivity index (χ0v) is 7.09. The number of piperidine rings is 1. The van der Waals surface area contributed by atoms with Gasteiger partial charge in [0.15, 0.2) is 0 Å². The molecule has 2 N–H and O–H groups in total. The van der Waals surface area contributed by atoms with Gasteiger partial charge in [-0.2, -0.15) is 0 Å². The van der Waals surface area contributed by atoms with E-state index in [9.17, 15) is 5.11 Å². The van der Waals surface area contributed by atoms with Crippen LogP contribution in [0.25, 0.3) is 0 Å². The first kappa shape index (κ1) is 7.56. The summed E-state index contributed by atoms with van der Waals surface area (Å²) in [5, 5.41) is 13.3. The molecule has 0 bridgehead atoms. The number of hydrogen-bond donors (Lipinski definition) is 2. The maximum atomic E-state index is 9.71. The monoisotopic (exact) mass is 155 g/mol. The molecule has 64 valence electrons. The molecule has 2 heteroatoms. The Hall–Kier alpha value is -0.0800. The highest BCUT2D eigenvalue weighted by Gasteiger charge is 2.37. The highest BCUT2D eigenvalue weighted by atomic mass is 16.3. The number of aliphatic hydroxyl groups excluding tert-OH is 1. The Morgan fingerprint density at radius 2 is 2.18 bits per heavy atom. The largest absolute Gasteiger partial charge is 0.393 e. The van der Waals surface area contributed by atoms with E-state index >= 15 is 0 Å². The molecule has 11 heavy (non-hydrogen) atoms. The van der Waals surface area contributed by atoms with Gasteiger partial charge in [0, 0.05) is 18.0 Å². The highest BCUT2D eigenvalue weighted by molar-refractivity contribution is 4.94. The van der Waals surface area contributed by atoms with Gasteiger partial charge < -0.3 is 10.4 Å². The first-order chi connectivity index (χ1) is 5.27. The van der Waals surface area contributed by atoms with Gasteiger partial charge in [0.05, 0.1) is 6.10 Å². The van der Waals surface area contributed by atoms with Gasteiger partial charge in [0.1, 0.15) is 0 Å². The second-order valence-electron chi connectivity index (χ2n) is 4.07. The van der Waals surface area contributed by atoms with Gasteiger partial charge in [-0.3, -0.25) is 0 Å². The molecule has 1 aliphatic heterocycles. The Morgan fingerprint density at radius 1 is 1.36 bits per heavy atom. The van der Waals surface area contributed by atoms with Crippen LogP contribution in [0.2, 0.25) is 0 Å². The molecule has 1 heterocycles. The van der Waals surface area contributed by atoms with E-state index in [2.05, 4.69) is 12.2 Å². The second kappa shape index (κ2) is 2.76. The summed E-state index contributed by atoms with van der Waals surface area (Å²) in [5.74, 6) is 0.561. The minimum absolute atomic E-state index is 0.0289. The predicted octanol–water partition coefficient (Wildman–Crippen LogP) is 0.898. The molecule has 2 rings (SSSR count). The predicted molar refractivity (Wildman–Crippen MR) is 44.4 cm³/mol. The lowest BCUT2D eigenvalue weighted by atomic mass is 9.87. The smallest absolute Gasteiger partial charge is 0.0598 e. The van der Waals surface area contributed by atoms with Crippen molar-refractivity contribution in [1.29, 1.82) is 0 Å². The van der Waals surface area contributed by atoms with Crippen LogP contribution < -0.4 is 5.32 Å². The maximum absolute atomic E-state index is 9.71. The molecule has 4 atom stereocenters. The summed E-state index contributed by atoms with van der Waals surface area (Å²) in [6, 6.07) is 1.14. The molecule has 2 fully saturated rings. The Morgan fingerprint density at radius 3 is 3.00 bits per heavy atom. The lowest BCUT2D eigenvalue weighted by Crippen LogP contribution is -2.50. The van der Waals surface area contributed by atoms with Gasteiger partial charge in [-0.1, -0.05) is 6.42 Å². The molecule has 0 unspecified atom stereocenters. The summed E-state index contributed by atoms with van der Waals surface area (Å²) in [4.78, 5) is 0. The van der Waals surface area contributed by atoms with E-state index in [0.29, 0.717) is 18.0 Å². The number of nitrogens with one attached hydrogen (secondary N) is 1. The van der Waals surface area contributed by atoms with Gasteiger partial charge in [0.25, 0.3) is 0 Å². The molecule has 1 saturated carbocycles. The first-order valence-corrected chi connectivity index (χ1v) is 4.71. The average Bonchev–Trinajstić information content (AvgIpc) is 2.34. The SMILES string of the molecule is C[C@H]1C[C@@H](O)[C@@H]2CCC[C@@H]2N1. The average molecular weight is 155 g/mol. The molecule has 2 aliphatic rings. The Bertz CT molecular complexity index is 148. The van der Waals surface area contributed by atoms with Crippen LogP contribution in [0, 0.1) is 5.92 Å². The van der Waals surface area contributed by atoms with Crippen molar-refractivity contribution in [2.45, 2.75) is 50.8 Å². The number of rotatable bonds is 0. The lowest BCUT2D eigenvalue weighted by Gasteiger charge is -2.35. The molecule has 0 aromatic carbocycles. The summed E-state index contributed by atoms with van der Waals surface area (Å²) in [6.45, 7) is 2.16. The molecule has 0 aromatic rings. The van der Waals surface area contributed by atoms with Crippen LogP contribution in [0.15, 0.2) is 0 Å². The standard InChI is InChI=1S/C9H17NO/c1-6-5-9(11)7-3-2-4-8(7)10-6/h6-11H,2-5H2,1H3/t6-,7+,8-,9+/m0/s1. The van der Waals surface area contributed by atoms with Crippen LogP contribution in [0.3, 0.4) is 0 Å². The van der Waals surface area contributed by atoms with E-state index in [1.165, 1.54) is 19.3 Å². The molecular weight excluding hydrogens is 138 g/mol. The minimum atomic E-state index is -0.0289. The fourth-order valence-electron chi connectivity index (χ4n) is 2.63. The van der Waals surface area contributed by atoms with Gasteiger partial charge in [-0.15, -0.1) is 0 Å². The molecular formula is C9H17NO. The van der Waals surface area contributed by atoms with Gasteiger partial charge in [-0.05, 0) is 26.2 Å². The van der Waals surface area contributed by atoms with E-state index in [0.717, 1.165) is 6.42 Å². The molecule has 0 radical (unpaired) electrons. The van der Waals surface area contributed by atoms with E-state index in [1.807, 2.05) is 0 Å². The number of aliphatic hydroxyl groups is 1. The van der Waals surface area contributed by atoms with Crippen LogP contribution in [-0.2, 0) is 0 Å². The molecule has 0 amide bonds. The maximum Gasteiger partial charge on any atom is 0.0598 e. The summed E-state index contributed by atoms with van der Waals surface area (Å²) >= 11 is 0. The number of fused-ring (bicyclic) bond motifs is 1. The molecule has 0 aromatic heterocycles. The van der Waals surface area contributed by atoms with Crippen molar-refractivity contribution < 1.29 is 5.11 Å². The van der Waals surface area contributed by atoms with E-state index < -0.39 is 0 Å². The second-order valence-corrected chi connectivity index (χ2v) is 4.07. The summed E-state index contributed by atoms with van der Waals surface area (Å²) in [7, 11) is 0. The van der Waals surface area contributed by atoms with E-state index in [1.54, 1.807) is 0 Å². The van der Waals surface area contributed by atoms with Crippen LogP contribution in [0.4, 0.5) is 0 Å². The summed E-state index contributed by atoms with van der Waals surface area (Å²) in [5.41, 5.74) is 0. The highest BCUT2D eigenvalue weighted by Crippen LogP contribution is 2.33. The minimum Gasteiger partial charge on any atom is -0.393 e. The topological polar surface area (TPSA) is 32.3 Å². The fraction of sp³-hybridized carbons (Fsp3) is 1.00. The Balaban J connectivity index is 2.04. The van der Waals surface area contributed by atoms with Crippen molar-refractivity contribution in [3.8, 4) is 0 Å². The van der Waals surface area contributed by atoms with E-state index in [-0.39, 0.29) is 6.10 Å². The van der Waals surface area contributed by atoms with Crippen molar-refractivity contribution in [2.75, 3.05) is 0 Å². The third-order valence-electron chi connectivity index (χ3n) is 3.16. The molecule has 1 aliphatic carbocycles. The zero-order valence-electron chi connectivity index (χ0n) is 7.09. The van der Waals surface area contributed by atoms with E-state index in [4.69, 9.17) is 0 Å². The Kier molecular flexibility index (Phi) is 1.90. The van der Waals surface area contributed by atoms with Crippen molar-refractivity contribution >= 4 is 0 Å². The normalized spacial score (nSPS) is 50.7. The van der Waals surface area contributed by atoms with Crippen molar-refractivity contribution in [2.24, 2.45) is 5.92 Å². The zero-order chi connectivity index (χ0) is 7.84. The van der Waals surface area contributed by atoms with Crippen LogP contribution in [0.5, 0.6) is 0 Å². The van der Waals surface area contributed by atoms with Gasteiger partial charge in [0.2, 0.25) is 0 Å². The van der Waals surface area contributed by atoms with Crippen LogP contribution in [-0.4, -0.2) is 23.3 Å². The first-order valence-electron chi connectivity index (χ1n) is 4.71. The van der Waals surface area contributed by atoms with Crippen molar-refractivity contribution in [3.63, 3.8) is 0 Å². The van der Waals surface area contributed by atoms with Crippen LogP contribution >= 0.6 is 0 Å². The quantitative estimate of drug-likeness (QED) is 0.544.